The number of nitrogens with zero attached hydrogens (tertiary/aromatic N) is 1. The first-order valence-electron chi connectivity index (χ1n) is 9.26. The van der Waals surface area contributed by atoms with Gasteiger partial charge in [0.2, 0.25) is 0 Å². The molecule has 0 saturated heterocycles. The van der Waals surface area contributed by atoms with E-state index in [-0.39, 0.29) is 5.91 Å². The molecular formula is C23H22N2O2S. The smallest absolute Gasteiger partial charge is 0.268 e. The maximum Gasteiger partial charge on any atom is 0.268 e. The maximum absolute atomic E-state index is 12.9. The molecule has 28 heavy (non-hydrogen) atoms. The van der Waals surface area contributed by atoms with Crippen LogP contribution in [0, 0.1) is 0 Å². The van der Waals surface area contributed by atoms with E-state index in [2.05, 4.69) is 33.5 Å². The summed E-state index contributed by atoms with van der Waals surface area (Å²) in [6.45, 7) is 1.26. The molecule has 0 aliphatic heterocycles. The second-order valence-corrected chi connectivity index (χ2v) is 7.57. The SMILES string of the molecule is COc1ccc(CNC(=O)c2cc3sccc3n2CCc2ccccc2)cc1. The molecule has 0 saturated carbocycles. The minimum absolute atomic E-state index is 0.0488. The molecule has 1 amide bonds. The van der Waals surface area contributed by atoms with E-state index in [1.165, 1.54) is 5.56 Å². The van der Waals surface area contributed by atoms with Crippen LogP contribution in [0.5, 0.6) is 5.75 Å². The van der Waals surface area contributed by atoms with Crippen molar-refractivity contribution in [3.63, 3.8) is 0 Å². The van der Waals surface area contributed by atoms with Crippen LogP contribution in [0.15, 0.2) is 72.1 Å². The van der Waals surface area contributed by atoms with Gasteiger partial charge in [-0.25, -0.2) is 0 Å². The highest BCUT2D eigenvalue weighted by molar-refractivity contribution is 7.17. The Kier molecular flexibility index (Phi) is 5.44. The number of aromatic nitrogens is 1. The van der Waals surface area contributed by atoms with E-state index in [0.29, 0.717) is 12.2 Å². The Morgan fingerprint density at radius 1 is 1.04 bits per heavy atom. The number of aryl methyl sites for hydroxylation is 2. The molecule has 0 atom stereocenters. The Balaban J connectivity index is 1.50. The molecular weight excluding hydrogens is 368 g/mol. The highest BCUT2D eigenvalue weighted by Crippen LogP contribution is 2.26. The molecule has 0 fully saturated rings. The van der Waals surface area contributed by atoms with Gasteiger partial charge in [0, 0.05) is 13.1 Å². The van der Waals surface area contributed by atoms with E-state index in [4.69, 9.17) is 4.74 Å². The summed E-state index contributed by atoms with van der Waals surface area (Å²) in [6.07, 6.45) is 0.888. The normalized spacial score (nSPS) is 10.9. The first-order valence-corrected chi connectivity index (χ1v) is 10.1. The van der Waals surface area contributed by atoms with E-state index in [9.17, 15) is 4.79 Å². The molecule has 0 aliphatic carbocycles. The predicted octanol–water partition coefficient (Wildman–Crippen LogP) is 4.88. The van der Waals surface area contributed by atoms with Crippen molar-refractivity contribution in [2.24, 2.45) is 0 Å². The van der Waals surface area contributed by atoms with Crippen LogP contribution in [0.3, 0.4) is 0 Å². The Bertz CT molecular complexity index is 1070. The van der Waals surface area contributed by atoms with Gasteiger partial charge in [-0.3, -0.25) is 4.79 Å². The van der Waals surface area contributed by atoms with Crippen molar-refractivity contribution in [1.82, 2.24) is 9.88 Å². The van der Waals surface area contributed by atoms with Crippen molar-refractivity contribution in [1.29, 1.82) is 0 Å². The van der Waals surface area contributed by atoms with E-state index in [0.717, 1.165) is 34.5 Å². The van der Waals surface area contributed by atoms with Crippen LogP contribution < -0.4 is 10.1 Å². The van der Waals surface area contributed by atoms with Gasteiger partial charge in [-0.05, 0) is 47.2 Å². The second kappa shape index (κ2) is 8.31. The van der Waals surface area contributed by atoms with Gasteiger partial charge in [0.05, 0.1) is 17.3 Å². The summed E-state index contributed by atoms with van der Waals surface area (Å²) in [6, 6.07) is 22.2. The molecule has 0 aliphatic rings. The molecule has 5 heteroatoms. The number of hydrogen-bond acceptors (Lipinski definition) is 3. The van der Waals surface area contributed by atoms with Crippen molar-refractivity contribution in [3.05, 3.63) is 88.9 Å². The quantitative estimate of drug-likeness (QED) is 0.488. The standard InChI is InChI=1S/C23H22N2O2S/c1-27-19-9-7-18(8-10-19)16-24-23(26)21-15-22-20(12-14-28-22)25(21)13-11-17-5-3-2-4-6-17/h2-10,12,14-15H,11,13,16H2,1H3,(H,24,26). The average molecular weight is 391 g/mol. The minimum atomic E-state index is -0.0488. The summed E-state index contributed by atoms with van der Waals surface area (Å²) in [7, 11) is 1.64. The largest absolute Gasteiger partial charge is 0.497 e. The Morgan fingerprint density at radius 2 is 1.82 bits per heavy atom. The molecule has 142 valence electrons. The van der Waals surface area contributed by atoms with Crippen LogP contribution in [0.2, 0.25) is 0 Å². The zero-order valence-corrected chi connectivity index (χ0v) is 16.5. The molecule has 2 aromatic heterocycles. The summed E-state index contributed by atoms with van der Waals surface area (Å²) in [4.78, 5) is 12.9. The number of benzene rings is 2. The molecule has 4 rings (SSSR count). The van der Waals surface area contributed by atoms with Crippen molar-refractivity contribution >= 4 is 27.5 Å². The van der Waals surface area contributed by atoms with Gasteiger partial charge in [-0.2, -0.15) is 0 Å². The Hall–Kier alpha value is -3.05. The van der Waals surface area contributed by atoms with E-state index in [1.54, 1.807) is 18.4 Å². The summed E-state index contributed by atoms with van der Waals surface area (Å²) in [5.41, 5.74) is 4.14. The van der Waals surface area contributed by atoms with E-state index < -0.39 is 0 Å². The van der Waals surface area contributed by atoms with Crippen molar-refractivity contribution < 1.29 is 9.53 Å². The Labute approximate surface area is 168 Å². The molecule has 1 N–H and O–H groups in total. The van der Waals surface area contributed by atoms with Gasteiger partial charge in [0.15, 0.2) is 0 Å². The van der Waals surface area contributed by atoms with Crippen LogP contribution in [0.4, 0.5) is 0 Å². The maximum atomic E-state index is 12.9. The lowest BCUT2D eigenvalue weighted by Crippen LogP contribution is -2.25. The molecule has 2 aromatic carbocycles. The first-order chi connectivity index (χ1) is 13.7. The fourth-order valence-corrected chi connectivity index (χ4v) is 4.13. The number of carbonyl (C=O) groups is 1. The monoisotopic (exact) mass is 390 g/mol. The zero-order valence-electron chi connectivity index (χ0n) is 15.7. The van der Waals surface area contributed by atoms with Crippen LogP contribution in [-0.2, 0) is 19.5 Å². The summed E-state index contributed by atoms with van der Waals surface area (Å²) >= 11 is 1.67. The van der Waals surface area contributed by atoms with Gasteiger partial charge in [0.25, 0.3) is 5.91 Å². The van der Waals surface area contributed by atoms with Crippen molar-refractivity contribution in [2.75, 3.05) is 7.11 Å². The topological polar surface area (TPSA) is 43.3 Å². The van der Waals surface area contributed by atoms with Gasteiger partial charge < -0.3 is 14.6 Å². The van der Waals surface area contributed by atoms with E-state index >= 15 is 0 Å². The van der Waals surface area contributed by atoms with E-state index in [1.807, 2.05) is 48.5 Å². The van der Waals surface area contributed by atoms with Crippen LogP contribution in [0.25, 0.3) is 10.2 Å². The van der Waals surface area contributed by atoms with Gasteiger partial charge in [-0.15, -0.1) is 11.3 Å². The molecule has 0 spiro atoms. The Morgan fingerprint density at radius 3 is 2.57 bits per heavy atom. The average Bonchev–Trinajstić information content (AvgIpc) is 3.33. The molecule has 0 unspecified atom stereocenters. The predicted molar refractivity (Wildman–Crippen MR) is 114 cm³/mol. The number of nitrogens with one attached hydrogen (secondary N) is 1. The molecule has 2 heterocycles. The number of fused-ring (bicyclic) bond motifs is 1. The fraction of sp³-hybridized carbons (Fsp3) is 0.174. The second-order valence-electron chi connectivity index (χ2n) is 6.62. The molecule has 4 aromatic rings. The first kappa shape index (κ1) is 18.3. The number of hydrogen-bond donors (Lipinski definition) is 1. The number of methoxy groups -OCH3 is 1. The molecule has 0 radical (unpaired) electrons. The summed E-state index contributed by atoms with van der Waals surface area (Å²) in [5.74, 6) is 0.761. The highest BCUT2D eigenvalue weighted by atomic mass is 32.1. The van der Waals surface area contributed by atoms with Crippen molar-refractivity contribution in [3.8, 4) is 5.75 Å². The number of rotatable bonds is 7. The van der Waals surface area contributed by atoms with Crippen LogP contribution in [-0.4, -0.2) is 17.6 Å². The summed E-state index contributed by atoms with van der Waals surface area (Å²) in [5, 5.41) is 5.12. The zero-order chi connectivity index (χ0) is 19.3. The molecule has 4 nitrogen and oxygen atoms in total. The van der Waals surface area contributed by atoms with Gasteiger partial charge in [0.1, 0.15) is 11.4 Å². The lowest BCUT2D eigenvalue weighted by Gasteiger charge is -2.11. The third-order valence-corrected chi connectivity index (χ3v) is 5.69. The van der Waals surface area contributed by atoms with Gasteiger partial charge >= 0.3 is 0 Å². The van der Waals surface area contributed by atoms with Crippen LogP contribution in [0.1, 0.15) is 21.6 Å². The lowest BCUT2D eigenvalue weighted by molar-refractivity contribution is 0.0942. The third kappa shape index (κ3) is 3.94. The third-order valence-electron chi connectivity index (χ3n) is 4.83. The number of carbonyl (C=O) groups excluding carboxylic acids is 1. The summed E-state index contributed by atoms with van der Waals surface area (Å²) < 4.78 is 8.45. The highest BCUT2D eigenvalue weighted by Gasteiger charge is 2.16. The van der Waals surface area contributed by atoms with Gasteiger partial charge in [-0.1, -0.05) is 42.5 Å². The minimum Gasteiger partial charge on any atom is -0.497 e. The number of amides is 1. The van der Waals surface area contributed by atoms with Crippen LogP contribution >= 0.6 is 11.3 Å². The number of thiophene rings is 1. The molecule has 0 bridgehead atoms. The number of ether oxygens (including phenoxy) is 1. The fourth-order valence-electron chi connectivity index (χ4n) is 3.31. The lowest BCUT2D eigenvalue weighted by atomic mass is 10.1. The van der Waals surface area contributed by atoms with Crippen molar-refractivity contribution in [2.45, 2.75) is 19.5 Å².